The molecule has 0 radical (unpaired) electrons. The molecule has 0 saturated heterocycles. The van der Waals surface area contributed by atoms with Crippen molar-refractivity contribution >= 4 is 56.4 Å². The number of carbonyl (C=O) groups is 2. The predicted molar refractivity (Wildman–Crippen MR) is 174 cm³/mol. The zero-order chi connectivity index (χ0) is 33.3. The van der Waals surface area contributed by atoms with Crippen LogP contribution in [0.1, 0.15) is 44.2 Å². The lowest BCUT2D eigenvalue weighted by atomic mass is 10.1. The van der Waals surface area contributed by atoms with Gasteiger partial charge in [0.15, 0.2) is 0 Å². The van der Waals surface area contributed by atoms with Gasteiger partial charge in [-0.3, -0.25) is 24.0 Å². The number of hydrogen-bond acceptors (Lipinski definition) is 7. The van der Waals surface area contributed by atoms with Crippen molar-refractivity contribution < 1.29 is 27.7 Å². The van der Waals surface area contributed by atoms with Gasteiger partial charge in [0, 0.05) is 34.8 Å². The van der Waals surface area contributed by atoms with Crippen LogP contribution in [0.4, 0.5) is 11.4 Å². The van der Waals surface area contributed by atoms with E-state index >= 15 is 0 Å². The summed E-state index contributed by atoms with van der Waals surface area (Å²) in [7, 11) is -3.08. The Morgan fingerprint density at radius 1 is 1.04 bits per heavy atom. The molecule has 11 nitrogen and oxygen atoms in total. The average molecular weight is 680 g/mol. The van der Waals surface area contributed by atoms with Crippen molar-refractivity contribution in [3.8, 4) is 5.75 Å². The number of rotatable bonds is 15. The van der Waals surface area contributed by atoms with Crippen LogP contribution in [-0.2, 0) is 26.2 Å². The maximum absolute atomic E-state index is 14.2. The molecule has 2 amide bonds. The number of anilines is 1. The summed E-state index contributed by atoms with van der Waals surface area (Å²) in [5.74, 6) is -0.640. The molecule has 242 valence electrons. The maximum Gasteiger partial charge on any atom is 0.273 e. The van der Waals surface area contributed by atoms with E-state index in [1.807, 2.05) is 6.92 Å². The highest BCUT2D eigenvalue weighted by Crippen LogP contribution is 2.30. The molecule has 0 saturated carbocycles. The first-order valence-electron chi connectivity index (χ1n) is 14.3. The van der Waals surface area contributed by atoms with Gasteiger partial charge in [0.25, 0.3) is 15.7 Å². The fourth-order valence-corrected chi connectivity index (χ4v) is 6.51. The standard InChI is InChI=1S/C31H36Cl2N4O7S/c1-5-7-16-34-31(39)28(6-2)35(19-22-9-10-23(32)17-27(22)33)30(38)20-36(24-11-13-25(44-4)14-12-24)45(42,43)26-15-8-21(3)29(18-26)37(40)41/h8-15,17-18,28H,5-7,16,19-20H2,1-4H3,(H,34,39). The Hall–Kier alpha value is -3.87. The molecule has 0 aliphatic carbocycles. The number of unbranched alkanes of at least 4 members (excludes halogenated alkanes) is 1. The summed E-state index contributed by atoms with van der Waals surface area (Å²) in [5, 5.41) is 15.1. The molecule has 0 aliphatic heterocycles. The number of nitro benzene ring substituents is 1. The minimum absolute atomic E-state index is 0.109. The predicted octanol–water partition coefficient (Wildman–Crippen LogP) is 6.14. The van der Waals surface area contributed by atoms with Crippen LogP contribution in [0.25, 0.3) is 0 Å². The smallest absolute Gasteiger partial charge is 0.273 e. The highest BCUT2D eigenvalue weighted by atomic mass is 35.5. The van der Waals surface area contributed by atoms with Crippen LogP contribution < -0.4 is 14.4 Å². The van der Waals surface area contributed by atoms with Crippen LogP contribution >= 0.6 is 23.2 Å². The third-order valence-electron chi connectivity index (χ3n) is 7.18. The Balaban J connectivity index is 2.12. The van der Waals surface area contributed by atoms with Crippen LogP contribution in [0.5, 0.6) is 5.75 Å². The zero-order valence-electron chi connectivity index (χ0n) is 25.5. The number of hydrogen-bond donors (Lipinski definition) is 1. The first kappa shape index (κ1) is 35.6. The molecule has 0 aliphatic rings. The molecule has 0 aromatic heterocycles. The van der Waals surface area contributed by atoms with E-state index in [0.29, 0.717) is 22.9 Å². The monoisotopic (exact) mass is 678 g/mol. The lowest BCUT2D eigenvalue weighted by Gasteiger charge is -2.33. The molecule has 1 N–H and O–H groups in total. The Labute approximate surface area is 273 Å². The number of nitro groups is 1. The summed E-state index contributed by atoms with van der Waals surface area (Å²) in [6.45, 7) is 4.81. The first-order chi connectivity index (χ1) is 21.3. The van der Waals surface area contributed by atoms with Gasteiger partial charge in [-0.2, -0.15) is 0 Å². The van der Waals surface area contributed by atoms with Crippen molar-refractivity contribution in [3.05, 3.63) is 92.0 Å². The van der Waals surface area contributed by atoms with Gasteiger partial charge < -0.3 is 15.0 Å². The quantitative estimate of drug-likeness (QED) is 0.116. The SMILES string of the molecule is CCCCNC(=O)C(CC)N(Cc1ccc(Cl)cc1Cl)C(=O)CN(c1ccc(OC)cc1)S(=O)(=O)c1ccc(C)c([N+](=O)[O-])c1. The van der Waals surface area contributed by atoms with Crippen molar-refractivity contribution in [1.82, 2.24) is 10.2 Å². The number of benzene rings is 3. The second kappa shape index (κ2) is 15.9. The summed E-state index contributed by atoms with van der Waals surface area (Å²) in [4.78, 5) is 39.4. The van der Waals surface area contributed by atoms with Crippen LogP contribution in [0.15, 0.2) is 65.6 Å². The number of halogens is 2. The zero-order valence-corrected chi connectivity index (χ0v) is 27.8. The number of sulfonamides is 1. The van der Waals surface area contributed by atoms with Gasteiger partial charge in [0.1, 0.15) is 18.3 Å². The van der Waals surface area contributed by atoms with Crippen LogP contribution in [0.2, 0.25) is 10.0 Å². The third-order valence-corrected chi connectivity index (χ3v) is 9.53. The Bertz CT molecular complexity index is 1640. The lowest BCUT2D eigenvalue weighted by Crippen LogP contribution is -2.52. The molecular weight excluding hydrogens is 643 g/mol. The van der Waals surface area contributed by atoms with Gasteiger partial charge >= 0.3 is 0 Å². The largest absolute Gasteiger partial charge is 0.497 e. The summed E-state index contributed by atoms with van der Waals surface area (Å²) >= 11 is 12.5. The van der Waals surface area contributed by atoms with E-state index in [1.165, 1.54) is 61.4 Å². The topological polar surface area (TPSA) is 139 Å². The highest BCUT2D eigenvalue weighted by molar-refractivity contribution is 7.92. The van der Waals surface area contributed by atoms with Crippen molar-refractivity contribution in [1.29, 1.82) is 0 Å². The average Bonchev–Trinajstić information content (AvgIpc) is 3.00. The molecule has 0 heterocycles. The molecule has 45 heavy (non-hydrogen) atoms. The minimum atomic E-state index is -4.54. The van der Waals surface area contributed by atoms with Gasteiger partial charge in [-0.25, -0.2) is 8.42 Å². The Kier molecular flexibility index (Phi) is 12.6. The van der Waals surface area contributed by atoms with Gasteiger partial charge in [-0.05, 0) is 67.8 Å². The Morgan fingerprint density at radius 3 is 2.31 bits per heavy atom. The normalized spacial score (nSPS) is 11.9. The second-order valence-electron chi connectivity index (χ2n) is 10.2. The molecule has 1 atom stereocenters. The highest BCUT2D eigenvalue weighted by Gasteiger charge is 2.34. The fraction of sp³-hybridized carbons (Fsp3) is 0.355. The molecule has 3 aromatic rings. The van der Waals surface area contributed by atoms with Gasteiger partial charge in [0.2, 0.25) is 11.8 Å². The lowest BCUT2D eigenvalue weighted by molar-refractivity contribution is -0.385. The van der Waals surface area contributed by atoms with E-state index in [2.05, 4.69) is 5.32 Å². The number of methoxy groups -OCH3 is 1. The molecule has 0 spiro atoms. The van der Waals surface area contributed by atoms with Gasteiger partial charge in [-0.1, -0.05) is 55.6 Å². The van der Waals surface area contributed by atoms with E-state index < -0.39 is 39.3 Å². The number of nitrogens with one attached hydrogen (secondary N) is 1. The van der Waals surface area contributed by atoms with Crippen molar-refractivity contribution in [2.24, 2.45) is 0 Å². The van der Waals surface area contributed by atoms with Crippen molar-refractivity contribution in [2.75, 3.05) is 24.5 Å². The van der Waals surface area contributed by atoms with Crippen LogP contribution in [0.3, 0.4) is 0 Å². The summed E-state index contributed by atoms with van der Waals surface area (Å²) in [6.07, 6.45) is 1.83. The maximum atomic E-state index is 14.2. The number of carbonyl (C=O) groups excluding carboxylic acids is 2. The molecule has 3 rings (SSSR count). The first-order valence-corrected chi connectivity index (χ1v) is 16.5. The number of aryl methyl sites for hydroxylation is 1. The third kappa shape index (κ3) is 8.86. The Morgan fingerprint density at radius 2 is 1.73 bits per heavy atom. The molecule has 0 bridgehead atoms. The molecule has 0 fully saturated rings. The number of ether oxygens (including phenoxy) is 1. The van der Waals surface area contributed by atoms with E-state index in [9.17, 15) is 28.1 Å². The summed E-state index contributed by atoms with van der Waals surface area (Å²) < 4.78 is 34.3. The van der Waals surface area contributed by atoms with Crippen LogP contribution in [0, 0.1) is 17.0 Å². The molecule has 1 unspecified atom stereocenters. The minimum Gasteiger partial charge on any atom is -0.497 e. The second-order valence-corrected chi connectivity index (χ2v) is 12.9. The van der Waals surface area contributed by atoms with Gasteiger partial charge in [0.05, 0.1) is 22.6 Å². The molecular formula is C31H36Cl2N4O7S. The number of amides is 2. The van der Waals surface area contributed by atoms with E-state index in [1.54, 1.807) is 19.1 Å². The van der Waals surface area contributed by atoms with E-state index in [4.69, 9.17) is 27.9 Å². The van der Waals surface area contributed by atoms with Crippen LogP contribution in [-0.4, -0.2) is 56.3 Å². The van der Waals surface area contributed by atoms with Crippen molar-refractivity contribution in [3.63, 3.8) is 0 Å². The molecule has 14 heteroatoms. The summed E-state index contributed by atoms with van der Waals surface area (Å²) in [6, 6.07) is 13.3. The fourth-order valence-electron chi connectivity index (χ4n) is 4.61. The molecule has 3 aromatic carbocycles. The van der Waals surface area contributed by atoms with E-state index in [-0.39, 0.29) is 39.8 Å². The number of nitrogens with zero attached hydrogens (tertiary/aromatic N) is 3. The summed E-state index contributed by atoms with van der Waals surface area (Å²) in [5.41, 5.74) is 0.502. The van der Waals surface area contributed by atoms with Crippen molar-refractivity contribution in [2.45, 2.75) is 57.5 Å². The van der Waals surface area contributed by atoms with E-state index in [0.717, 1.165) is 23.2 Å². The van der Waals surface area contributed by atoms with Gasteiger partial charge in [-0.15, -0.1) is 0 Å².